The monoisotopic (exact) mass is 283 g/mol. The molecule has 0 amide bonds. The molecule has 20 heavy (non-hydrogen) atoms. The molecule has 2 unspecified atom stereocenters. The van der Waals surface area contributed by atoms with Crippen LogP contribution >= 0.6 is 0 Å². The van der Waals surface area contributed by atoms with Gasteiger partial charge in [0.1, 0.15) is 0 Å². The number of hydrogen-bond acceptors (Lipinski definition) is 3. The van der Waals surface area contributed by atoms with E-state index in [2.05, 4.69) is 53.2 Å². The molecule has 0 bridgehead atoms. The molecule has 1 aliphatic rings. The molecule has 1 heterocycles. The highest BCUT2D eigenvalue weighted by Crippen LogP contribution is 2.03. The van der Waals surface area contributed by atoms with Crippen molar-refractivity contribution < 1.29 is 0 Å². The lowest BCUT2D eigenvalue weighted by Gasteiger charge is -2.34. The fourth-order valence-electron chi connectivity index (χ4n) is 2.34. The van der Waals surface area contributed by atoms with Crippen molar-refractivity contribution in [2.24, 2.45) is 10.9 Å². The van der Waals surface area contributed by atoms with E-state index in [9.17, 15) is 0 Å². The topological polar surface area (TPSA) is 42.9 Å². The number of nitrogens with one attached hydrogen (secondary N) is 2. The van der Waals surface area contributed by atoms with Gasteiger partial charge in [0.2, 0.25) is 0 Å². The summed E-state index contributed by atoms with van der Waals surface area (Å²) in [6.45, 7) is 13.6. The van der Waals surface area contributed by atoms with Crippen molar-refractivity contribution in [1.82, 2.24) is 20.4 Å². The Hall–Kier alpha value is -0.810. The molecule has 1 saturated heterocycles. The number of nitrogens with zero attached hydrogens (tertiary/aromatic N) is 3. The van der Waals surface area contributed by atoms with Gasteiger partial charge >= 0.3 is 0 Å². The molecule has 0 saturated carbocycles. The van der Waals surface area contributed by atoms with Crippen LogP contribution in [0.4, 0.5) is 0 Å². The zero-order valence-electron chi connectivity index (χ0n) is 13.9. The van der Waals surface area contributed by atoms with Crippen LogP contribution in [0, 0.1) is 5.92 Å². The van der Waals surface area contributed by atoms with E-state index in [0.717, 1.165) is 18.9 Å². The summed E-state index contributed by atoms with van der Waals surface area (Å²) in [5.41, 5.74) is 0. The van der Waals surface area contributed by atoms with Crippen molar-refractivity contribution in [3.8, 4) is 0 Å². The average Bonchev–Trinajstić information content (AvgIpc) is 2.45. The normalized spacial score (nSPS) is 21.6. The lowest BCUT2D eigenvalue weighted by atomic mass is 10.1. The van der Waals surface area contributed by atoms with Crippen molar-refractivity contribution in [2.75, 3.05) is 53.4 Å². The zero-order chi connectivity index (χ0) is 15.0. The van der Waals surface area contributed by atoms with Gasteiger partial charge in [-0.1, -0.05) is 13.8 Å². The minimum atomic E-state index is 0.467. The Morgan fingerprint density at radius 3 is 2.40 bits per heavy atom. The molecule has 0 aliphatic carbocycles. The predicted octanol–water partition coefficient (Wildman–Crippen LogP) is 0.833. The van der Waals surface area contributed by atoms with E-state index in [4.69, 9.17) is 0 Å². The third kappa shape index (κ3) is 6.57. The van der Waals surface area contributed by atoms with Crippen molar-refractivity contribution in [3.63, 3.8) is 0 Å². The Labute approximate surface area is 124 Å². The third-order valence-electron chi connectivity index (χ3n) is 4.00. The van der Waals surface area contributed by atoms with Crippen LogP contribution in [0.3, 0.4) is 0 Å². The van der Waals surface area contributed by atoms with Crippen LogP contribution in [0.15, 0.2) is 4.99 Å². The van der Waals surface area contributed by atoms with Crippen molar-refractivity contribution >= 4 is 5.96 Å². The Kier molecular flexibility index (Phi) is 7.92. The van der Waals surface area contributed by atoms with Crippen molar-refractivity contribution in [1.29, 1.82) is 0 Å². The van der Waals surface area contributed by atoms with Gasteiger partial charge in [-0.25, -0.2) is 0 Å². The largest absolute Gasteiger partial charge is 0.356 e. The average molecular weight is 283 g/mol. The highest BCUT2D eigenvalue weighted by atomic mass is 15.2. The molecule has 0 radical (unpaired) electrons. The second-order valence-electron chi connectivity index (χ2n) is 6.12. The summed E-state index contributed by atoms with van der Waals surface area (Å²) in [5, 5.41) is 6.83. The number of rotatable bonds is 6. The van der Waals surface area contributed by atoms with Gasteiger partial charge in [0.05, 0.1) is 0 Å². The standard InChI is InChI=1S/C15H33N5/c1-6-14(3)18-15(16-4)17-11-13(2)12-20-9-7-19(5)8-10-20/h13-14H,6-12H2,1-5H3,(H2,16,17,18). The number of hydrogen-bond donors (Lipinski definition) is 2. The van der Waals surface area contributed by atoms with Crippen LogP contribution in [0.2, 0.25) is 0 Å². The number of guanidine groups is 1. The molecule has 1 rings (SSSR count). The second-order valence-corrected chi connectivity index (χ2v) is 6.12. The van der Waals surface area contributed by atoms with Gasteiger partial charge < -0.3 is 20.4 Å². The van der Waals surface area contributed by atoms with Gasteiger partial charge in [-0.15, -0.1) is 0 Å². The second kappa shape index (κ2) is 9.19. The maximum atomic E-state index is 4.28. The summed E-state index contributed by atoms with van der Waals surface area (Å²) in [6, 6.07) is 0.467. The van der Waals surface area contributed by atoms with Crippen LogP contribution < -0.4 is 10.6 Å². The lowest BCUT2D eigenvalue weighted by molar-refractivity contribution is 0.139. The highest BCUT2D eigenvalue weighted by molar-refractivity contribution is 5.79. The highest BCUT2D eigenvalue weighted by Gasteiger charge is 2.16. The molecule has 1 aliphatic heterocycles. The van der Waals surface area contributed by atoms with Crippen LogP contribution in [0.25, 0.3) is 0 Å². The third-order valence-corrected chi connectivity index (χ3v) is 4.00. The molecule has 1 fully saturated rings. The van der Waals surface area contributed by atoms with E-state index in [0.29, 0.717) is 12.0 Å². The summed E-state index contributed by atoms with van der Waals surface area (Å²) in [6.07, 6.45) is 1.11. The minimum Gasteiger partial charge on any atom is -0.356 e. The molecule has 0 aromatic heterocycles. The van der Waals surface area contributed by atoms with Gasteiger partial charge in [0, 0.05) is 52.4 Å². The quantitative estimate of drug-likeness (QED) is 0.560. The first-order valence-corrected chi connectivity index (χ1v) is 7.93. The molecule has 2 N–H and O–H groups in total. The van der Waals surface area contributed by atoms with E-state index in [1.807, 2.05) is 7.05 Å². The molecule has 2 atom stereocenters. The Bertz CT molecular complexity index is 284. The summed E-state index contributed by atoms with van der Waals surface area (Å²) in [5.74, 6) is 1.55. The number of aliphatic imine (C=N–C) groups is 1. The molecular weight excluding hydrogens is 250 g/mol. The first-order valence-electron chi connectivity index (χ1n) is 7.93. The molecule has 5 heteroatoms. The number of piperazine rings is 1. The van der Waals surface area contributed by atoms with E-state index < -0.39 is 0 Å². The first kappa shape index (κ1) is 17.2. The fraction of sp³-hybridized carbons (Fsp3) is 0.933. The van der Waals surface area contributed by atoms with Gasteiger partial charge in [0.15, 0.2) is 5.96 Å². The smallest absolute Gasteiger partial charge is 0.191 e. The van der Waals surface area contributed by atoms with Crippen molar-refractivity contribution in [3.05, 3.63) is 0 Å². The molecule has 0 spiro atoms. The van der Waals surface area contributed by atoms with Crippen LogP contribution in [0.1, 0.15) is 27.2 Å². The van der Waals surface area contributed by atoms with Gasteiger partial charge in [-0.3, -0.25) is 4.99 Å². The minimum absolute atomic E-state index is 0.467. The van der Waals surface area contributed by atoms with Crippen LogP contribution in [-0.4, -0.2) is 75.2 Å². The van der Waals surface area contributed by atoms with Crippen molar-refractivity contribution in [2.45, 2.75) is 33.2 Å². The fourth-order valence-corrected chi connectivity index (χ4v) is 2.34. The SMILES string of the molecule is CCC(C)NC(=NC)NCC(C)CN1CCN(C)CC1. The van der Waals surface area contributed by atoms with E-state index >= 15 is 0 Å². The summed E-state index contributed by atoms with van der Waals surface area (Å²) in [7, 11) is 4.04. The predicted molar refractivity (Wildman–Crippen MR) is 87.4 cm³/mol. The first-order chi connectivity index (χ1) is 9.55. The molecule has 5 nitrogen and oxygen atoms in total. The van der Waals surface area contributed by atoms with Gasteiger partial charge in [-0.05, 0) is 26.3 Å². The molecule has 118 valence electrons. The van der Waals surface area contributed by atoms with E-state index in [1.54, 1.807) is 0 Å². The maximum absolute atomic E-state index is 4.28. The summed E-state index contributed by atoms with van der Waals surface area (Å²) >= 11 is 0. The Morgan fingerprint density at radius 1 is 1.20 bits per heavy atom. The molecule has 0 aromatic carbocycles. The molecular formula is C15H33N5. The molecule has 0 aromatic rings. The van der Waals surface area contributed by atoms with Crippen LogP contribution in [-0.2, 0) is 0 Å². The van der Waals surface area contributed by atoms with E-state index in [1.165, 1.54) is 32.7 Å². The zero-order valence-corrected chi connectivity index (χ0v) is 13.9. The maximum Gasteiger partial charge on any atom is 0.191 e. The Morgan fingerprint density at radius 2 is 1.85 bits per heavy atom. The van der Waals surface area contributed by atoms with E-state index in [-0.39, 0.29) is 0 Å². The number of likely N-dealkylation sites (N-methyl/N-ethyl adjacent to an activating group) is 1. The summed E-state index contributed by atoms with van der Waals surface area (Å²) < 4.78 is 0. The van der Waals surface area contributed by atoms with Gasteiger partial charge in [0.25, 0.3) is 0 Å². The van der Waals surface area contributed by atoms with Crippen LogP contribution in [0.5, 0.6) is 0 Å². The summed E-state index contributed by atoms with van der Waals surface area (Å²) in [4.78, 5) is 9.25. The van der Waals surface area contributed by atoms with Gasteiger partial charge in [-0.2, -0.15) is 0 Å². The Balaban J connectivity index is 2.23. The lowest BCUT2D eigenvalue weighted by Crippen LogP contribution is -2.48.